The summed E-state index contributed by atoms with van der Waals surface area (Å²) in [6.45, 7) is 1.94. The molecule has 0 aliphatic carbocycles. The van der Waals surface area contributed by atoms with Gasteiger partial charge in [-0.2, -0.15) is 0 Å². The van der Waals surface area contributed by atoms with Crippen molar-refractivity contribution in [2.75, 3.05) is 24.4 Å². The van der Waals surface area contributed by atoms with Crippen molar-refractivity contribution in [3.63, 3.8) is 0 Å². The van der Waals surface area contributed by atoms with Gasteiger partial charge < -0.3 is 15.4 Å². The Morgan fingerprint density at radius 1 is 1.21 bits per heavy atom. The molecule has 1 aromatic rings. The smallest absolute Gasteiger partial charge is 0.250 e. The molecule has 1 aromatic carbocycles. The molecule has 1 unspecified atom stereocenters. The fourth-order valence-corrected chi connectivity index (χ4v) is 1.49. The number of hydrogen-bond acceptors (Lipinski definition) is 3. The molecule has 19 heavy (non-hydrogen) atoms. The zero-order valence-corrected chi connectivity index (χ0v) is 12.5. The maximum absolute atomic E-state index is 11.6. The summed E-state index contributed by atoms with van der Waals surface area (Å²) in [4.78, 5) is 22.7. The second kappa shape index (κ2) is 7.91. The van der Waals surface area contributed by atoms with Crippen molar-refractivity contribution in [2.45, 2.75) is 18.2 Å². The van der Waals surface area contributed by atoms with E-state index in [9.17, 15) is 9.59 Å². The Kier molecular flexibility index (Phi) is 6.52. The van der Waals surface area contributed by atoms with E-state index in [0.29, 0.717) is 11.4 Å². The summed E-state index contributed by atoms with van der Waals surface area (Å²) in [5.74, 6) is -0.301. The highest BCUT2D eigenvalue weighted by Gasteiger charge is 2.12. The second-order valence-electron chi connectivity index (χ2n) is 3.92. The Morgan fingerprint density at radius 2 is 1.74 bits per heavy atom. The van der Waals surface area contributed by atoms with E-state index in [0.717, 1.165) is 6.42 Å². The first kappa shape index (κ1) is 15.7. The number of anilines is 2. The molecule has 0 fully saturated rings. The lowest BCUT2D eigenvalue weighted by atomic mass is 10.2. The van der Waals surface area contributed by atoms with Gasteiger partial charge in [0.15, 0.2) is 0 Å². The summed E-state index contributed by atoms with van der Waals surface area (Å²) in [5, 5.41) is 5.45. The molecule has 5 nitrogen and oxygen atoms in total. The fraction of sp³-hybridized carbons (Fsp3) is 0.385. The molecular weight excluding hydrogens is 312 g/mol. The molecule has 0 bridgehead atoms. The van der Waals surface area contributed by atoms with E-state index in [1.807, 2.05) is 6.92 Å². The van der Waals surface area contributed by atoms with Crippen LogP contribution in [0, 0.1) is 0 Å². The number of methoxy groups -OCH3 is 1. The Bertz CT molecular complexity index is 434. The van der Waals surface area contributed by atoms with Gasteiger partial charge in [-0.1, -0.05) is 22.9 Å². The maximum Gasteiger partial charge on any atom is 0.250 e. The van der Waals surface area contributed by atoms with Crippen LogP contribution in [0.3, 0.4) is 0 Å². The van der Waals surface area contributed by atoms with Crippen LogP contribution in [0.4, 0.5) is 11.4 Å². The molecule has 1 atom stereocenters. The van der Waals surface area contributed by atoms with Gasteiger partial charge in [0.1, 0.15) is 6.61 Å². The highest BCUT2D eigenvalue weighted by Crippen LogP contribution is 2.15. The fourth-order valence-electron chi connectivity index (χ4n) is 1.37. The molecule has 0 aliphatic rings. The first-order valence-corrected chi connectivity index (χ1v) is 6.82. The predicted molar refractivity (Wildman–Crippen MR) is 78.6 cm³/mol. The van der Waals surface area contributed by atoms with E-state index in [1.54, 1.807) is 24.3 Å². The van der Waals surface area contributed by atoms with Crippen LogP contribution in [-0.4, -0.2) is 30.4 Å². The molecule has 0 heterocycles. The number of rotatable bonds is 6. The summed E-state index contributed by atoms with van der Waals surface area (Å²) in [6.07, 6.45) is 0.719. The van der Waals surface area contributed by atoms with Gasteiger partial charge in [0, 0.05) is 18.5 Å². The number of ether oxygens (including phenoxy) is 1. The summed E-state index contributed by atoms with van der Waals surface area (Å²) in [7, 11) is 1.46. The standard InChI is InChI=1S/C13H17BrN2O3/c1-3-11(14)13(18)16-10-6-4-9(5-7-10)15-12(17)8-19-2/h4-7,11H,3,8H2,1-2H3,(H,15,17)(H,16,18). The van der Waals surface area contributed by atoms with Gasteiger partial charge in [0.2, 0.25) is 11.8 Å². The Hall–Kier alpha value is -1.40. The summed E-state index contributed by atoms with van der Waals surface area (Å²) < 4.78 is 4.72. The lowest BCUT2D eigenvalue weighted by Gasteiger charge is -2.10. The number of benzene rings is 1. The molecule has 0 aliphatic heterocycles. The highest BCUT2D eigenvalue weighted by atomic mass is 79.9. The summed E-state index contributed by atoms with van der Waals surface area (Å²) in [5.41, 5.74) is 1.35. The molecule has 1 rings (SSSR count). The van der Waals surface area contributed by atoms with E-state index in [4.69, 9.17) is 4.74 Å². The van der Waals surface area contributed by atoms with E-state index < -0.39 is 0 Å². The number of hydrogen-bond donors (Lipinski definition) is 2. The minimum atomic E-state index is -0.217. The lowest BCUT2D eigenvalue weighted by Crippen LogP contribution is -2.22. The van der Waals surface area contributed by atoms with Gasteiger partial charge in [-0.25, -0.2) is 0 Å². The van der Waals surface area contributed by atoms with Crippen LogP contribution in [0.25, 0.3) is 0 Å². The first-order valence-electron chi connectivity index (χ1n) is 5.90. The minimum Gasteiger partial charge on any atom is -0.375 e. The number of halogens is 1. The van der Waals surface area contributed by atoms with E-state index in [1.165, 1.54) is 7.11 Å². The molecule has 0 saturated carbocycles. The molecule has 0 spiro atoms. The van der Waals surface area contributed by atoms with Crippen LogP contribution in [-0.2, 0) is 14.3 Å². The number of alkyl halides is 1. The van der Waals surface area contributed by atoms with E-state index >= 15 is 0 Å². The summed E-state index contributed by atoms with van der Waals surface area (Å²) >= 11 is 3.28. The zero-order chi connectivity index (χ0) is 14.3. The van der Waals surface area contributed by atoms with Gasteiger partial charge in [-0.3, -0.25) is 9.59 Å². The van der Waals surface area contributed by atoms with Crippen LogP contribution >= 0.6 is 15.9 Å². The average Bonchev–Trinajstić information content (AvgIpc) is 2.40. The van der Waals surface area contributed by atoms with Crippen molar-refractivity contribution in [3.05, 3.63) is 24.3 Å². The number of nitrogens with one attached hydrogen (secondary N) is 2. The third kappa shape index (κ3) is 5.40. The molecule has 0 saturated heterocycles. The monoisotopic (exact) mass is 328 g/mol. The van der Waals surface area contributed by atoms with Crippen molar-refractivity contribution >= 4 is 39.1 Å². The second-order valence-corrected chi connectivity index (χ2v) is 5.03. The Morgan fingerprint density at radius 3 is 2.21 bits per heavy atom. The SMILES string of the molecule is CCC(Br)C(=O)Nc1ccc(NC(=O)COC)cc1. The number of carbonyl (C=O) groups excluding carboxylic acids is 2. The molecule has 0 aromatic heterocycles. The third-order valence-electron chi connectivity index (χ3n) is 2.35. The normalized spacial score (nSPS) is 11.7. The van der Waals surface area contributed by atoms with Crippen molar-refractivity contribution in [1.82, 2.24) is 0 Å². The van der Waals surface area contributed by atoms with Crippen LogP contribution < -0.4 is 10.6 Å². The van der Waals surface area contributed by atoms with Crippen molar-refractivity contribution in [3.8, 4) is 0 Å². The van der Waals surface area contributed by atoms with Crippen molar-refractivity contribution < 1.29 is 14.3 Å². The summed E-state index contributed by atoms with van der Waals surface area (Å²) in [6, 6.07) is 6.90. The quantitative estimate of drug-likeness (QED) is 0.788. The highest BCUT2D eigenvalue weighted by molar-refractivity contribution is 9.10. The minimum absolute atomic E-state index is 0.0141. The molecular formula is C13H17BrN2O3. The Balaban J connectivity index is 2.56. The van der Waals surface area contributed by atoms with Crippen LogP contribution in [0.1, 0.15) is 13.3 Å². The molecule has 0 radical (unpaired) electrons. The molecule has 6 heteroatoms. The Labute approximate surface area is 120 Å². The topological polar surface area (TPSA) is 67.4 Å². The van der Waals surface area contributed by atoms with Gasteiger partial charge >= 0.3 is 0 Å². The van der Waals surface area contributed by atoms with Crippen LogP contribution in [0.5, 0.6) is 0 Å². The van der Waals surface area contributed by atoms with Crippen LogP contribution in [0.15, 0.2) is 24.3 Å². The average molecular weight is 329 g/mol. The predicted octanol–water partition coefficient (Wildman–Crippen LogP) is 2.38. The van der Waals surface area contributed by atoms with Gasteiger partial charge in [-0.05, 0) is 30.7 Å². The van der Waals surface area contributed by atoms with E-state index in [2.05, 4.69) is 26.6 Å². The first-order chi connectivity index (χ1) is 9.06. The van der Waals surface area contributed by atoms with Gasteiger partial charge in [-0.15, -0.1) is 0 Å². The maximum atomic E-state index is 11.6. The number of amides is 2. The number of carbonyl (C=O) groups is 2. The van der Waals surface area contributed by atoms with Crippen molar-refractivity contribution in [2.24, 2.45) is 0 Å². The molecule has 2 amide bonds. The van der Waals surface area contributed by atoms with E-state index in [-0.39, 0.29) is 23.2 Å². The third-order valence-corrected chi connectivity index (χ3v) is 3.42. The van der Waals surface area contributed by atoms with Crippen molar-refractivity contribution in [1.29, 1.82) is 0 Å². The molecule has 104 valence electrons. The van der Waals surface area contributed by atoms with Gasteiger partial charge in [0.05, 0.1) is 4.83 Å². The largest absolute Gasteiger partial charge is 0.375 e. The molecule has 2 N–H and O–H groups in total. The zero-order valence-electron chi connectivity index (χ0n) is 10.9. The van der Waals surface area contributed by atoms with Gasteiger partial charge in [0.25, 0.3) is 0 Å². The van der Waals surface area contributed by atoms with Crippen LogP contribution in [0.2, 0.25) is 0 Å². The lowest BCUT2D eigenvalue weighted by molar-refractivity contribution is -0.119.